The van der Waals surface area contributed by atoms with E-state index in [-0.39, 0.29) is 22.3 Å². The van der Waals surface area contributed by atoms with Gasteiger partial charge in [0.15, 0.2) is 0 Å². The summed E-state index contributed by atoms with van der Waals surface area (Å²) in [6.07, 6.45) is 6.34. The van der Waals surface area contributed by atoms with E-state index in [1.165, 1.54) is 36.2 Å². The first-order valence-corrected chi connectivity index (χ1v) is 11.9. The number of hydrogen-bond acceptors (Lipinski definition) is 3. The van der Waals surface area contributed by atoms with Crippen LogP contribution in [0.15, 0.2) is 30.3 Å². The van der Waals surface area contributed by atoms with Crippen molar-refractivity contribution in [1.82, 2.24) is 4.90 Å². The average molecular weight is 413 g/mol. The van der Waals surface area contributed by atoms with Crippen molar-refractivity contribution in [3.8, 4) is 0 Å². The van der Waals surface area contributed by atoms with Gasteiger partial charge >= 0.3 is 0 Å². The van der Waals surface area contributed by atoms with Crippen molar-refractivity contribution in [1.29, 1.82) is 0 Å². The third kappa shape index (κ3) is 2.85. The van der Waals surface area contributed by atoms with Crippen LogP contribution in [0.1, 0.15) is 58.4 Å². The minimum absolute atomic E-state index is 0.116. The maximum atomic E-state index is 6.43. The first kappa shape index (κ1) is 20.0. The van der Waals surface area contributed by atoms with Crippen LogP contribution < -0.4 is 5.73 Å². The predicted octanol–water partition coefficient (Wildman–Crippen LogP) is 4.54. The second-order valence-corrected chi connectivity index (χ2v) is 11.4. The highest BCUT2D eigenvalue weighted by Crippen LogP contribution is 2.72. The zero-order valence-electron chi connectivity index (χ0n) is 18.2. The second-order valence-electron chi connectivity index (χ2n) is 11.0. The van der Waals surface area contributed by atoms with Gasteiger partial charge < -0.3 is 15.4 Å². The lowest BCUT2D eigenvalue weighted by Gasteiger charge is -2.48. The Morgan fingerprint density at radius 3 is 2.66 bits per heavy atom. The SMILES string of the molecule is CCOC1C2CC3(c4ccccc4)CC1C(C(=S)N1CC[C@H](N)C(C)(C)C1)(C2)C3. The summed E-state index contributed by atoms with van der Waals surface area (Å²) in [6.45, 7) is 9.56. The summed E-state index contributed by atoms with van der Waals surface area (Å²) in [4.78, 5) is 3.76. The Kier molecular flexibility index (Phi) is 4.66. The Bertz CT molecular complexity index is 795. The highest BCUT2D eigenvalue weighted by molar-refractivity contribution is 7.80. The smallest absolute Gasteiger partial charge is 0.0846 e. The summed E-state index contributed by atoms with van der Waals surface area (Å²) in [5.41, 5.74) is 8.49. The number of likely N-dealkylation sites (tertiary alicyclic amines) is 1. The van der Waals surface area contributed by atoms with Crippen LogP contribution >= 0.6 is 12.2 Å². The van der Waals surface area contributed by atoms with Crippen molar-refractivity contribution in [3.05, 3.63) is 35.9 Å². The highest BCUT2D eigenvalue weighted by Gasteiger charge is 2.70. The van der Waals surface area contributed by atoms with E-state index in [9.17, 15) is 0 Å². The molecule has 1 aromatic carbocycles. The van der Waals surface area contributed by atoms with Gasteiger partial charge in [-0.2, -0.15) is 0 Å². The fraction of sp³-hybridized carbons (Fsp3) is 0.720. The lowest BCUT2D eigenvalue weighted by atomic mass is 9.63. The predicted molar refractivity (Wildman–Crippen MR) is 122 cm³/mol. The number of hydrogen-bond donors (Lipinski definition) is 1. The molecule has 4 bridgehead atoms. The Morgan fingerprint density at radius 1 is 1.21 bits per heavy atom. The van der Waals surface area contributed by atoms with Crippen molar-refractivity contribution in [2.45, 2.75) is 70.4 Å². The van der Waals surface area contributed by atoms with Gasteiger partial charge in [0.25, 0.3) is 0 Å². The molecule has 4 aliphatic carbocycles. The Morgan fingerprint density at radius 2 is 1.97 bits per heavy atom. The first-order valence-electron chi connectivity index (χ1n) is 11.5. The number of ether oxygens (including phenoxy) is 1. The largest absolute Gasteiger partial charge is 0.378 e. The van der Waals surface area contributed by atoms with E-state index < -0.39 is 0 Å². The standard InChI is InChI=1S/C25H36N2OS/c1-4-28-21-17-12-24(18-8-6-5-7-9-18)14-19(21)25(13-17,15-24)22(29)27-11-10-20(26)23(2,3)16-27/h5-9,17,19-21H,4,10-16,26H2,1-3H3/t17?,19?,20-,21?,24?,25?/m0/s1. The molecule has 5 unspecified atom stereocenters. The number of rotatable bonds is 4. The van der Waals surface area contributed by atoms with Gasteiger partial charge in [0.1, 0.15) is 0 Å². The van der Waals surface area contributed by atoms with Crippen LogP contribution in [0.25, 0.3) is 0 Å². The third-order valence-electron chi connectivity index (χ3n) is 8.89. The molecule has 2 N–H and O–H groups in total. The Labute approximate surface area is 181 Å². The van der Waals surface area contributed by atoms with Gasteiger partial charge in [0, 0.05) is 31.2 Å². The molecule has 5 aliphatic rings. The number of piperidine rings is 1. The summed E-state index contributed by atoms with van der Waals surface area (Å²) < 4.78 is 6.37. The molecule has 1 heterocycles. The van der Waals surface area contributed by atoms with Crippen molar-refractivity contribution in [2.75, 3.05) is 19.7 Å². The minimum Gasteiger partial charge on any atom is -0.378 e. The topological polar surface area (TPSA) is 38.5 Å². The molecular formula is C25H36N2OS. The molecule has 0 amide bonds. The number of nitrogens with two attached hydrogens (primary N) is 1. The minimum atomic E-state index is 0.116. The van der Waals surface area contributed by atoms with Gasteiger partial charge in [0.05, 0.1) is 11.1 Å². The van der Waals surface area contributed by atoms with Gasteiger partial charge in [-0.05, 0) is 67.3 Å². The monoisotopic (exact) mass is 412 g/mol. The summed E-state index contributed by atoms with van der Waals surface area (Å²) in [6, 6.07) is 11.5. The zero-order valence-corrected chi connectivity index (χ0v) is 19.0. The van der Waals surface area contributed by atoms with Gasteiger partial charge in [-0.25, -0.2) is 0 Å². The Balaban J connectivity index is 1.49. The van der Waals surface area contributed by atoms with Crippen molar-refractivity contribution in [2.24, 2.45) is 28.4 Å². The molecule has 6 rings (SSSR count). The molecule has 158 valence electrons. The molecular weight excluding hydrogens is 376 g/mol. The maximum absolute atomic E-state index is 6.43. The molecule has 1 aliphatic heterocycles. The van der Waals surface area contributed by atoms with E-state index in [1.807, 2.05) is 0 Å². The van der Waals surface area contributed by atoms with Crippen LogP contribution in [0, 0.1) is 22.7 Å². The molecule has 0 radical (unpaired) electrons. The quantitative estimate of drug-likeness (QED) is 0.737. The summed E-state index contributed by atoms with van der Waals surface area (Å²) >= 11 is 6.34. The van der Waals surface area contributed by atoms with Crippen molar-refractivity contribution >= 4 is 17.2 Å². The van der Waals surface area contributed by atoms with E-state index in [0.717, 1.165) is 26.1 Å². The lowest BCUT2D eigenvalue weighted by molar-refractivity contribution is -0.0227. The molecule has 29 heavy (non-hydrogen) atoms. The summed E-state index contributed by atoms with van der Waals surface area (Å²) in [5, 5.41) is 0. The van der Waals surface area contributed by atoms with Crippen LogP contribution in [0.5, 0.6) is 0 Å². The molecule has 0 spiro atoms. The molecule has 5 fully saturated rings. The van der Waals surface area contributed by atoms with E-state index in [2.05, 4.69) is 56.0 Å². The van der Waals surface area contributed by atoms with Crippen molar-refractivity contribution in [3.63, 3.8) is 0 Å². The normalized spacial score (nSPS) is 42.4. The van der Waals surface area contributed by atoms with Crippen LogP contribution in [-0.2, 0) is 10.2 Å². The molecule has 4 heteroatoms. The van der Waals surface area contributed by atoms with Crippen LogP contribution in [0.2, 0.25) is 0 Å². The first-order chi connectivity index (χ1) is 13.8. The fourth-order valence-electron chi connectivity index (χ4n) is 7.59. The van der Waals surface area contributed by atoms with Crippen LogP contribution in [0.3, 0.4) is 0 Å². The lowest BCUT2D eigenvalue weighted by Crippen LogP contribution is -2.57. The fourth-order valence-corrected chi connectivity index (χ4v) is 8.06. The van der Waals surface area contributed by atoms with Gasteiger partial charge in [-0.1, -0.05) is 56.4 Å². The van der Waals surface area contributed by atoms with Crippen LogP contribution in [0.4, 0.5) is 0 Å². The van der Waals surface area contributed by atoms with Crippen molar-refractivity contribution < 1.29 is 4.74 Å². The van der Waals surface area contributed by atoms with E-state index in [1.54, 1.807) is 0 Å². The molecule has 0 aromatic heterocycles. The Hall–Kier alpha value is -0.970. The maximum Gasteiger partial charge on any atom is 0.0846 e. The number of thiocarbonyl (C=S) groups is 1. The zero-order chi connectivity index (χ0) is 20.4. The molecule has 1 saturated heterocycles. The van der Waals surface area contributed by atoms with E-state index in [0.29, 0.717) is 17.9 Å². The number of nitrogens with zero attached hydrogens (tertiary/aromatic N) is 1. The second kappa shape index (κ2) is 6.77. The van der Waals surface area contributed by atoms with E-state index >= 15 is 0 Å². The molecule has 4 saturated carbocycles. The molecule has 6 atom stereocenters. The van der Waals surface area contributed by atoms with Gasteiger partial charge in [-0.3, -0.25) is 0 Å². The highest BCUT2D eigenvalue weighted by atomic mass is 32.1. The third-order valence-corrected chi connectivity index (χ3v) is 9.55. The van der Waals surface area contributed by atoms with Gasteiger partial charge in [-0.15, -0.1) is 0 Å². The number of benzene rings is 1. The molecule has 1 aromatic rings. The van der Waals surface area contributed by atoms with E-state index in [4.69, 9.17) is 22.7 Å². The molecule has 3 nitrogen and oxygen atoms in total. The van der Waals surface area contributed by atoms with Gasteiger partial charge in [0.2, 0.25) is 0 Å². The summed E-state index contributed by atoms with van der Waals surface area (Å²) in [7, 11) is 0. The average Bonchev–Trinajstić information content (AvgIpc) is 3.08. The van der Waals surface area contributed by atoms with Crippen LogP contribution in [-0.4, -0.2) is 41.7 Å². The summed E-state index contributed by atoms with van der Waals surface area (Å²) in [5.74, 6) is 1.20.